The molecule has 3 aliphatic carbocycles. The highest BCUT2D eigenvalue weighted by molar-refractivity contribution is 5.98. The predicted molar refractivity (Wildman–Crippen MR) is 130 cm³/mol. The van der Waals surface area contributed by atoms with Crippen LogP contribution in [0.2, 0.25) is 0 Å². The summed E-state index contributed by atoms with van der Waals surface area (Å²) in [5, 5.41) is 7.67. The molecule has 33 heavy (non-hydrogen) atoms. The van der Waals surface area contributed by atoms with Gasteiger partial charge in [0.15, 0.2) is 0 Å². The third-order valence-electron chi connectivity index (χ3n) is 8.00. The molecule has 2 bridgehead atoms. The van der Waals surface area contributed by atoms with Crippen molar-refractivity contribution >= 4 is 34.3 Å². The lowest BCUT2D eigenvalue weighted by molar-refractivity contribution is -0.160. The molecule has 2 aromatic heterocycles. The van der Waals surface area contributed by atoms with Crippen LogP contribution in [-0.4, -0.2) is 65.6 Å². The number of hydrogen-bond donors (Lipinski definition) is 2. The molecule has 1 atom stereocenters. The zero-order valence-corrected chi connectivity index (χ0v) is 19.5. The fourth-order valence-electron chi connectivity index (χ4n) is 5.77. The van der Waals surface area contributed by atoms with Crippen LogP contribution in [0.25, 0.3) is 11.0 Å². The van der Waals surface area contributed by atoms with E-state index in [0.717, 1.165) is 61.7 Å². The van der Waals surface area contributed by atoms with Gasteiger partial charge in [0.2, 0.25) is 5.95 Å². The Morgan fingerprint density at radius 1 is 1.18 bits per heavy atom. The summed E-state index contributed by atoms with van der Waals surface area (Å²) >= 11 is 0. The molecule has 1 saturated heterocycles. The number of aromatic nitrogens is 3. The molecule has 7 rings (SSSR count). The number of nitrogens with one attached hydrogen (secondary N) is 2. The molecule has 3 heterocycles. The second-order valence-corrected chi connectivity index (χ2v) is 10.0. The van der Waals surface area contributed by atoms with E-state index in [4.69, 9.17) is 4.98 Å². The van der Waals surface area contributed by atoms with Gasteiger partial charge in [-0.05, 0) is 55.0 Å². The van der Waals surface area contributed by atoms with Crippen LogP contribution in [-0.2, 0) is 5.54 Å². The second kappa shape index (κ2) is 7.45. The van der Waals surface area contributed by atoms with Crippen molar-refractivity contribution in [3.05, 3.63) is 42.2 Å². The summed E-state index contributed by atoms with van der Waals surface area (Å²) in [7, 11) is 3.61. The van der Waals surface area contributed by atoms with Crippen molar-refractivity contribution in [3.8, 4) is 0 Å². The molecule has 4 fully saturated rings. The Morgan fingerprint density at radius 2 is 1.91 bits per heavy atom. The molecule has 3 saturated carbocycles. The van der Waals surface area contributed by atoms with Crippen molar-refractivity contribution in [2.75, 3.05) is 50.5 Å². The average Bonchev–Trinajstić information content (AvgIpc) is 3.17. The van der Waals surface area contributed by atoms with Gasteiger partial charge in [0.1, 0.15) is 11.3 Å². The molecule has 1 aromatic carbocycles. The molecule has 2 N–H and O–H groups in total. The van der Waals surface area contributed by atoms with Gasteiger partial charge < -0.3 is 25.0 Å². The number of fused-ring (bicyclic) bond motifs is 1. The van der Waals surface area contributed by atoms with Gasteiger partial charge in [-0.3, -0.25) is 4.79 Å². The Bertz CT molecular complexity index is 1200. The summed E-state index contributed by atoms with van der Waals surface area (Å²) in [5.74, 6) is 1.92. The van der Waals surface area contributed by atoms with Crippen LogP contribution >= 0.6 is 0 Å². The van der Waals surface area contributed by atoms with E-state index in [1.807, 2.05) is 12.3 Å². The summed E-state index contributed by atoms with van der Waals surface area (Å²) in [6, 6.07) is 10.4. The Labute approximate surface area is 194 Å². The lowest BCUT2D eigenvalue weighted by Gasteiger charge is -2.68. The molecule has 0 unspecified atom stereocenters. The molecular weight excluding hydrogens is 414 g/mol. The first kappa shape index (κ1) is 20.5. The highest BCUT2D eigenvalue weighted by Gasteiger charge is 2.65. The van der Waals surface area contributed by atoms with Crippen molar-refractivity contribution in [1.29, 1.82) is 0 Å². The molecular formula is C25H31N7O. The van der Waals surface area contributed by atoms with Gasteiger partial charge in [-0.15, -0.1) is 0 Å². The van der Waals surface area contributed by atoms with Gasteiger partial charge in [-0.25, -0.2) is 4.98 Å². The van der Waals surface area contributed by atoms with Crippen LogP contribution in [0.4, 0.5) is 17.3 Å². The summed E-state index contributed by atoms with van der Waals surface area (Å²) in [6.07, 6.45) is 4.09. The first-order valence-corrected chi connectivity index (χ1v) is 11.9. The van der Waals surface area contributed by atoms with Crippen molar-refractivity contribution < 1.29 is 4.79 Å². The number of benzene rings is 1. The fourth-order valence-corrected chi connectivity index (χ4v) is 5.77. The van der Waals surface area contributed by atoms with Crippen LogP contribution < -0.4 is 15.5 Å². The highest BCUT2D eigenvalue weighted by atomic mass is 16.2. The number of anilines is 3. The maximum Gasteiger partial charge on any atom is 0.270 e. The minimum atomic E-state index is 0.0166. The number of amides is 1. The maximum absolute atomic E-state index is 13.0. The van der Waals surface area contributed by atoms with Crippen LogP contribution in [0.5, 0.6) is 0 Å². The summed E-state index contributed by atoms with van der Waals surface area (Å²) < 4.78 is 2.22. The molecule has 1 amide bonds. The van der Waals surface area contributed by atoms with Gasteiger partial charge in [0.05, 0.1) is 5.54 Å². The van der Waals surface area contributed by atoms with E-state index in [0.29, 0.717) is 17.6 Å². The van der Waals surface area contributed by atoms with Crippen LogP contribution in [0.3, 0.4) is 0 Å². The Hall–Kier alpha value is -3.13. The van der Waals surface area contributed by atoms with E-state index < -0.39 is 0 Å². The molecule has 8 nitrogen and oxygen atoms in total. The number of hydrogen-bond acceptors (Lipinski definition) is 6. The molecule has 1 aliphatic heterocycles. The maximum atomic E-state index is 13.0. The van der Waals surface area contributed by atoms with E-state index >= 15 is 0 Å². The van der Waals surface area contributed by atoms with E-state index in [-0.39, 0.29) is 11.4 Å². The zero-order chi connectivity index (χ0) is 22.7. The van der Waals surface area contributed by atoms with Crippen LogP contribution in [0.1, 0.15) is 30.3 Å². The van der Waals surface area contributed by atoms with Gasteiger partial charge >= 0.3 is 0 Å². The van der Waals surface area contributed by atoms with Gasteiger partial charge in [-0.2, -0.15) is 4.98 Å². The Balaban J connectivity index is 1.32. The normalized spacial score (nSPS) is 26.0. The summed E-state index contributed by atoms with van der Waals surface area (Å²) in [5.41, 5.74) is 3.77. The van der Waals surface area contributed by atoms with Crippen LogP contribution in [0, 0.1) is 11.8 Å². The molecule has 8 heteroatoms. The largest absolute Gasteiger partial charge is 0.369 e. The molecule has 4 aliphatic rings. The number of piperazine rings is 1. The lowest BCUT2D eigenvalue weighted by Crippen LogP contribution is -2.67. The van der Waals surface area contributed by atoms with Crippen molar-refractivity contribution in [2.45, 2.75) is 25.3 Å². The van der Waals surface area contributed by atoms with Crippen molar-refractivity contribution in [3.63, 3.8) is 0 Å². The smallest absolute Gasteiger partial charge is 0.270 e. The third-order valence-corrected chi connectivity index (χ3v) is 8.00. The lowest BCUT2D eigenvalue weighted by atomic mass is 9.42. The quantitative estimate of drug-likeness (QED) is 0.629. The fraction of sp³-hybridized carbons (Fsp3) is 0.480. The summed E-state index contributed by atoms with van der Waals surface area (Å²) in [6.45, 7) is 6.39. The average molecular weight is 446 g/mol. The van der Waals surface area contributed by atoms with Gasteiger partial charge in [-0.1, -0.05) is 6.92 Å². The van der Waals surface area contributed by atoms with E-state index in [9.17, 15) is 4.79 Å². The number of nitrogens with zero attached hydrogens (tertiary/aromatic N) is 5. The summed E-state index contributed by atoms with van der Waals surface area (Å²) in [4.78, 5) is 26.5. The van der Waals surface area contributed by atoms with Crippen molar-refractivity contribution in [1.82, 2.24) is 24.8 Å². The third kappa shape index (κ3) is 3.11. The zero-order valence-electron chi connectivity index (χ0n) is 19.5. The first-order valence-electron chi connectivity index (χ1n) is 11.9. The highest BCUT2D eigenvalue weighted by Crippen LogP contribution is 2.67. The standard InChI is InChI=1S/C25H31N7O/c1-16-18-13-25(16,14-18)32-21(23(33)30(2)3)12-17-15-27-24(29-22(17)32)28-19-4-6-20(7-5-19)31-10-8-26-9-11-31/h4-7,12,15-16,18,26H,8-11,13-14H2,1-3H3,(H,27,28,29)/t16-,18?,25?/m1/s1. The monoisotopic (exact) mass is 445 g/mol. The van der Waals surface area contributed by atoms with Crippen molar-refractivity contribution in [2.24, 2.45) is 11.8 Å². The minimum Gasteiger partial charge on any atom is -0.369 e. The minimum absolute atomic E-state index is 0.0166. The number of rotatable bonds is 5. The molecule has 0 spiro atoms. The van der Waals surface area contributed by atoms with Gasteiger partial charge in [0, 0.05) is 63.2 Å². The second-order valence-electron chi connectivity index (χ2n) is 10.0. The topological polar surface area (TPSA) is 78.3 Å². The Morgan fingerprint density at radius 3 is 2.52 bits per heavy atom. The number of carbonyl (C=O) groups excluding carboxylic acids is 1. The van der Waals surface area contributed by atoms with Gasteiger partial charge in [0.25, 0.3) is 5.91 Å². The van der Waals surface area contributed by atoms with E-state index in [2.05, 4.69) is 56.3 Å². The van der Waals surface area contributed by atoms with E-state index in [1.165, 1.54) is 5.69 Å². The van der Waals surface area contributed by atoms with E-state index in [1.54, 1.807) is 19.0 Å². The molecule has 3 aromatic rings. The SMILES string of the molecule is C[C@@H]1C2CC1(n1c(C(=O)N(C)C)cc3cnc(Nc4ccc(N5CCNCC5)cc4)nc31)C2. The predicted octanol–water partition coefficient (Wildman–Crippen LogP) is 3.04. The molecule has 172 valence electrons. The van der Waals surface area contributed by atoms with Crippen LogP contribution in [0.15, 0.2) is 36.5 Å². The Kier molecular flexibility index (Phi) is 4.62. The first-order chi connectivity index (χ1) is 16.0. The molecule has 0 radical (unpaired) electrons. The number of carbonyl (C=O) groups is 1.